The molecule has 2 nitrogen and oxygen atoms in total. The molecule has 11 rings (SSSR count). The lowest BCUT2D eigenvalue weighted by Gasteiger charge is -2.28. The molecule has 400 valence electrons. The van der Waals surface area contributed by atoms with Gasteiger partial charge in [0, 0.05) is 38.9 Å². The molecule has 0 N–H and O–H groups in total. The summed E-state index contributed by atoms with van der Waals surface area (Å²) in [6.45, 7) is 11.6. The third-order valence-electron chi connectivity index (χ3n) is 17.3. The molecule has 0 saturated carbocycles. The Hall–Kier alpha value is -7.42. The van der Waals surface area contributed by atoms with Crippen LogP contribution in [0.4, 0.5) is 17.1 Å². The number of hydrogen-bond donors (Lipinski definition) is 0. The predicted octanol–water partition coefficient (Wildman–Crippen LogP) is 23.0. The van der Waals surface area contributed by atoms with Gasteiger partial charge in [0.2, 0.25) is 0 Å². The van der Waals surface area contributed by atoms with Crippen molar-refractivity contribution in [2.45, 2.75) is 149 Å². The van der Waals surface area contributed by atoms with E-state index in [1.165, 1.54) is 203 Å². The summed E-state index contributed by atoms with van der Waals surface area (Å²) in [4.78, 5) is 2.42. The van der Waals surface area contributed by atoms with Gasteiger partial charge in [-0.3, -0.25) is 0 Å². The highest BCUT2D eigenvalue weighted by Crippen LogP contribution is 2.51. The molecular formula is C77H82N2. The van der Waals surface area contributed by atoms with Crippen molar-refractivity contribution in [2.24, 2.45) is 0 Å². The number of hydrogen-bond acceptors (Lipinski definition) is 1. The van der Waals surface area contributed by atoms with E-state index in [0.29, 0.717) is 0 Å². The Morgan fingerprint density at radius 2 is 0.861 bits per heavy atom. The van der Waals surface area contributed by atoms with Crippen molar-refractivity contribution < 1.29 is 0 Å². The number of para-hydroxylation sites is 1. The fourth-order valence-corrected chi connectivity index (χ4v) is 13.1. The van der Waals surface area contributed by atoms with E-state index in [4.69, 9.17) is 0 Å². The Morgan fingerprint density at radius 1 is 0.354 bits per heavy atom. The zero-order valence-electron chi connectivity index (χ0n) is 48.0. The van der Waals surface area contributed by atoms with Gasteiger partial charge < -0.3 is 9.47 Å². The van der Waals surface area contributed by atoms with Crippen LogP contribution in [-0.2, 0) is 11.8 Å². The summed E-state index contributed by atoms with van der Waals surface area (Å²) in [5.74, 6) is 0. The van der Waals surface area contributed by atoms with Crippen molar-refractivity contribution in [3.63, 3.8) is 0 Å². The molecule has 0 bridgehead atoms. The van der Waals surface area contributed by atoms with Gasteiger partial charge in [-0.2, -0.15) is 0 Å². The lowest BCUT2D eigenvalue weighted by molar-refractivity contribution is 0.529. The Morgan fingerprint density at radius 3 is 1.53 bits per heavy atom. The summed E-state index contributed by atoms with van der Waals surface area (Å²) < 4.78 is 2.48. The number of fused-ring (bicyclic) bond motifs is 6. The van der Waals surface area contributed by atoms with Crippen LogP contribution in [0.15, 0.2) is 200 Å². The van der Waals surface area contributed by atoms with E-state index in [0.717, 1.165) is 23.5 Å². The third-order valence-corrected chi connectivity index (χ3v) is 17.3. The maximum atomic E-state index is 2.48. The fourth-order valence-electron chi connectivity index (χ4n) is 13.1. The van der Waals surface area contributed by atoms with Crippen LogP contribution in [0, 0.1) is 13.8 Å². The Kier molecular flexibility index (Phi) is 16.8. The molecule has 0 spiro atoms. The first kappa shape index (κ1) is 53.6. The summed E-state index contributed by atoms with van der Waals surface area (Å²) in [7, 11) is 0. The zero-order chi connectivity index (χ0) is 54.1. The molecule has 0 unspecified atom stereocenters. The van der Waals surface area contributed by atoms with E-state index in [1.54, 1.807) is 0 Å². The lowest BCUT2D eigenvalue weighted by atomic mass is 9.82. The molecule has 0 atom stereocenters. The normalized spacial score (nSPS) is 12.6. The van der Waals surface area contributed by atoms with Crippen molar-refractivity contribution in [1.82, 2.24) is 4.57 Å². The fraction of sp³-hybridized carbons (Fsp3) is 0.299. The number of unbranched alkanes of at least 4 members (excludes halogenated alkanes) is 15. The summed E-state index contributed by atoms with van der Waals surface area (Å²) in [5, 5.41) is 2.53. The molecule has 0 radical (unpaired) electrons. The first-order valence-electron chi connectivity index (χ1n) is 30.3. The number of aromatic nitrogens is 1. The third kappa shape index (κ3) is 12.0. The van der Waals surface area contributed by atoms with Crippen molar-refractivity contribution in [3.05, 3.63) is 228 Å². The van der Waals surface area contributed by atoms with Crippen LogP contribution in [0.3, 0.4) is 0 Å². The number of nitrogens with zero attached hydrogens (tertiary/aromatic N) is 2. The first-order chi connectivity index (χ1) is 38.7. The molecule has 1 heterocycles. The topological polar surface area (TPSA) is 8.17 Å². The van der Waals surface area contributed by atoms with E-state index < -0.39 is 0 Å². The molecule has 79 heavy (non-hydrogen) atoms. The molecular weight excluding hydrogens is 953 g/mol. The van der Waals surface area contributed by atoms with E-state index in [9.17, 15) is 0 Å². The average molecular weight is 1040 g/mol. The Labute approximate surface area is 473 Å². The standard InChI is InChI=1S/C77H82N2/c1-6-7-8-9-10-11-12-13-14-15-16-17-18-19-20-22-29-58-48-56(2)49-63(52-58)64-50-57(3)51-68(53-64)79-75-35-28-26-33-71(75)72-54-62(40-47-76(72)79)61-38-43-66(44-39-61)78(65-41-36-60(37-42-65)59-30-23-21-24-31-59)67-45-46-70-69-32-25-27-34-73(69)77(4,5)74(70)55-67/h21,23-28,30-55H,6-20,22,29H2,1-5H3. The van der Waals surface area contributed by atoms with Crippen LogP contribution in [-0.4, -0.2) is 4.57 Å². The molecule has 1 aromatic heterocycles. The van der Waals surface area contributed by atoms with Gasteiger partial charge in [0.25, 0.3) is 0 Å². The summed E-state index contributed by atoms with van der Waals surface area (Å²) in [6.07, 6.45) is 23.6. The number of benzene rings is 9. The highest BCUT2D eigenvalue weighted by Gasteiger charge is 2.35. The van der Waals surface area contributed by atoms with Crippen molar-refractivity contribution in [1.29, 1.82) is 0 Å². The van der Waals surface area contributed by atoms with Gasteiger partial charge in [-0.25, -0.2) is 0 Å². The smallest absolute Gasteiger partial charge is 0.0541 e. The molecule has 10 aromatic rings. The minimum absolute atomic E-state index is 0.103. The zero-order valence-corrected chi connectivity index (χ0v) is 48.0. The average Bonchev–Trinajstić information content (AvgIpc) is 4.06. The van der Waals surface area contributed by atoms with Gasteiger partial charge in [0.1, 0.15) is 0 Å². The maximum absolute atomic E-state index is 2.48. The van der Waals surface area contributed by atoms with Crippen LogP contribution in [0.5, 0.6) is 0 Å². The van der Waals surface area contributed by atoms with E-state index in [1.807, 2.05) is 0 Å². The second-order valence-corrected chi connectivity index (χ2v) is 23.6. The largest absolute Gasteiger partial charge is 0.310 e. The summed E-state index contributed by atoms with van der Waals surface area (Å²) in [6, 6.07) is 75.3. The number of aryl methyl sites for hydroxylation is 3. The second kappa shape index (κ2) is 24.7. The summed E-state index contributed by atoms with van der Waals surface area (Å²) in [5.41, 5.74) is 23.9. The van der Waals surface area contributed by atoms with Gasteiger partial charge in [0.05, 0.1) is 11.0 Å². The van der Waals surface area contributed by atoms with Crippen LogP contribution in [0.2, 0.25) is 0 Å². The predicted molar refractivity (Wildman–Crippen MR) is 342 cm³/mol. The summed E-state index contributed by atoms with van der Waals surface area (Å²) >= 11 is 0. The van der Waals surface area contributed by atoms with Crippen LogP contribution >= 0.6 is 0 Å². The molecule has 0 fully saturated rings. The van der Waals surface area contributed by atoms with Crippen molar-refractivity contribution in [3.8, 4) is 50.2 Å². The van der Waals surface area contributed by atoms with Crippen LogP contribution in [0.25, 0.3) is 72.0 Å². The highest BCUT2D eigenvalue weighted by atomic mass is 15.1. The van der Waals surface area contributed by atoms with E-state index in [-0.39, 0.29) is 5.41 Å². The SMILES string of the molecule is CCCCCCCCCCCCCCCCCCc1cc(C)cc(-c2cc(C)cc(-n3c4ccccc4c4cc(-c5ccc(N(c6ccc(-c7ccccc7)cc6)c6ccc7c(c6)C(C)(C)c6ccccc6-7)cc5)ccc43)c2)c1. The Bertz CT molecular complexity index is 3650. The van der Waals surface area contributed by atoms with Gasteiger partial charge in [0.15, 0.2) is 0 Å². The molecule has 1 aliphatic carbocycles. The molecule has 9 aromatic carbocycles. The second-order valence-electron chi connectivity index (χ2n) is 23.6. The first-order valence-corrected chi connectivity index (χ1v) is 30.3. The Balaban J connectivity index is 0.808. The maximum Gasteiger partial charge on any atom is 0.0541 e. The minimum Gasteiger partial charge on any atom is -0.310 e. The molecule has 0 aliphatic heterocycles. The molecule has 0 saturated heterocycles. The van der Waals surface area contributed by atoms with Gasteiger partial charge >= 0.3 is 0 Å². The number of rotatable bonds is 24. The minimum atomic E-state index is -0.103. The van der Waals surface area contributed by atoms with E-state index >= 15 is 0 Å². The van der Waals surface area contributed by atoms with Crippen LogP contribution in [0.1, 0.15) is 151 Å². The monoisotopic (exact) mass is 1030 g/mol. The van der Waals surface area contributed by atoms with E-state index in [2.05, 4.69) is 244 Å². The van der Waals surface area contributed by atoms with Crippen molar-refractivity contribution in [2.75, 3.05) is 4.90 Å². The van der Waals surface area contributed by atoms with Gasteiger partial charge in [-0.05, 0) is 160 Å². The van der Waals surface area contributed by atoms with Gasteiger partial charge in [-0.1, -0.05) is 256 Å². The highest BCUT2D eigenvalue weighted by molar-refractivity contribution is 6.10. The van der Waals surface area contributed by atoms with Crippen LogP contribution < -0.4 is 4.90 Å². The van der Waals surface area contributed by atoms with Gasteiger partial charge in [-0.15, -0.1) is 0 Å². The quantitative estimate of drug-likeness (QED) is 0.0548. The molecule has 1 aliphatic rings. The number of anilines is 3. The molecule has 0 amide bonds. The molecule has 2 heteroatoms. The lowest BCUT2D eigenvalue weighted by Crippen LogP contribution is -2.16. The van der Waals surface area contributed by atoms with Crippen molar-refractivity contribution >= 4 is 38.9 Å².